The van der Waals surface area contributed by atoms with E-state index >= 15 is 0 Å². The molecule has 4 rings (SSSR count). The van der Waals surface area contributed by atoms with Crippen LogP contribution in [-0.2, 0) is 16.0 Å². The molecule has 0 radical (unpaired) electrons. The highest BCUT2D eigenvalue weighted by molar-refractivity contribution is 7.18. The lowest BCUT2D eigenvalue weighted by Gasteiger charge is -2.20. The highest BCUT2D eigenvalue weighted by Crippen LogP contribution is 2.35. The summed E-state index contributed by atoms with van der Waals surface area (Å²) in [5.74, 6) is 0.235. The predicted octanol–water partition coefficient (Wildman–Crippen LogP) is 3.59. The van der Waals surface area contributed by atoms with Crippen molar-refractivity contribution in [1.82, 2.24) is 9.97 Å². The molecule has 1 aliphatic rings. The first-order valence-corrected chi connectivity index (χ1v) is 9.88. The number of carbonyl (C=O) groups is 2. The van der Waals surface area contributed by atoms with Gasteiger partial charge in [0.2, 0.25) is 5.91 Å². The molecule has 3 aromatic rings. The van der Waals surface area contributed by atoms with E-state index < -0.39 is 0 Å². The predicted molar refractivity (Wildman–Crippen MR) is 104 cm³/mol. The molecule has 7 nitrogen and oxygen atoms in total. The number of hydrogen-bond donors (Lipinski definition) is 1. The number of ketones is 1. The molecule has 0 spiro atoms. The Hall–Kier alpha value is -2.84. The minimum Gasteiger partial charge on any atom is -0.463 e. The van der Waals surface area contributed by atoms with Gasteiger partial charge in [0, 0.05) is 31.5 Å². The number of anilines is 1. The minimum atomic E-state index is -0.210. The van der Waals surface area contributed by atoms with Crippen molar-refractivity contribution in [3.05, 3.63) is 53.4 Å². The zero-order valence-electron chi connectivity index (χ0n) is 15.1. The molecule has 28 heavy (non-hydrogen) atoms. The van der Waals surface area contributed by atoms with Gasteiger partial charge in [-0.1, -0.05) is 17.4 Å². The number of amides is 1. The van der Waals surface area contributed by atoms with Gasteiger partial charge in [0.1, 0.15) is 10.6 Å². The number of nitrogens with one attached hydrogen (secondary N) is 1. The van der Waals surface area contributed by atoms with Crippen molar-refractivity contribution in [2.45, 2.75) is 19.3 Å². The molecule has 1 aliphatic heterocycles. The van der Waals surface area contributed by atoms with Gasteiger partial charge in [-0.05, 0) is 36.6 Å². The molecule has 0 atom stereocenters. The molecule has 1 saturated heterocycles. The van der Waals surface area contributed by atoms with Crippen LogP contribution < -0.4 is 5.32 Å². The second-order valence-corrected chi connectivity index (χ2v) is 7.51. The number of ether oxygens (including phenoxy) is 1. The molecular formula is C20H19N3O4S. The molecule has 3 aromatic heterocycles. The van der Waals surface area contributed by atoms with Crippen molar-refractivity contribution in [2.24, 2.45) is 5.92 Å². The van der Waals surface area contributed by atoms with Gasteiger partial charge >= 0.3 is 0 Å². The van der Waals surface area contributed by atoms with E-state index in [0.29, 0.717) is 47.5 Å². The maximum absolute atomic E-state index is 13.1. The lowest BCUT2D eigenvalue weighted by atomic mass is 9.94. The SMILES string of the molecule is O=C(Cc1cccnc1)Nc1nc(-c2ccco2)c(C(=O)C2CCOCC2)s1. The van der Waals surface area contributed by atoms with Crippen LogP contribution in [0.5, 0.6) is 0 Å². The largest absolute Gasteiger partial charge is 0.463 e. The zero-order valence-corrected chi connectivity index (χ0v) is 15.9. The summed E-state index contributed by atoms with van der Waals surface area (Å²) in [6.45, 7) is 1.17. The third kappa shape index (κ3) is 4.18. The quantitative estimate of drug-likeness (QED) is 0.639. The van der Waals surface area contributed by atoms with E-state index in [1.807, 2.05) is 6.07 Å². The maximum Gasteiger partial charge on any atom is 0.230 e. The van der Waals surface area contributed by atoms with Crippen LogP contribution in [0.2, 0.25) is 0 Å². The topological polar surface area (TPSA) is 94.3 Å². The zero-order chi connectivity index (χ0) is 19.3. The first-order chi connectivity index (χ1) is 13.7. The fraction of sp³-hybridized carbons (Fsp3) is 0.300. The number of thiazole rings is 1. The molecular weight excluding hydrogens is 378 g/mol. The van der Waals surface area contributed by atoms with Crippen molar-refractivity contribution in [2.75, 3.05) is 18.5 Å². The minimum absolute atomic E-state index is 0.0277. The Morgan fingerprint density at radius 2 is 2.07 bits per heavy atom. The first-order valence-electron chi connectivity index (χ1n) is 9.06. The van der Waals surface area contributed by atoms with Crippen LogP contribution in [0.4, 0.5) is 5.13 Å². The third-order valence-electron chi connectivity index (χ3n) is 4.53. The Balaban J connectivity index is 1.56. The lowest BCUT2D eigenvalue weighted by Crippen LogP contribution is -2.23. The summed E-state index contributed by atoms with van der Waals surface area (Å²) in [5.41, 5.74) is 1.28. The molecule has 8 heteroatoms. The van der Waals surface area contributed by atoms with E-state index in [2.05, 4.69) is 15.3 Å². The van der Waals surface area contributed by atoms with Crippen molar-refractivity contribution < 1.29 is 18.7 Å². The average molecular weight is 397 g/mol. The van der Waals surface area contributed by atoms with Crippen LogP contribution in [-0.4, -0.2) is 34.9 Å². The van der Waals surface area contributed by atoms with Gasteiger partial charge in [-0.25, -0.2) is 4.98 Å². The van der Waals surface area contributed by atoms with Crippen molar-refractivity contribution in [3.63, 3.8) is 0 Å². The summed E-state index contributed by atoms with van der Waals surface area (Å²) in [4.78, 5) is 34.4. The number of carbonyl (C=O) groups excluding carboxylic acids is 2. The van der Waals surface area contributed by atoms with E-state index in [1.165, 1.54) is 17.6 Å². The number of pyridine rings is 1. The van der Waals surface area contributed by atoms with E-state index in [0.717, 1.165) is 5.56 Å². The van der Waals surface area contributed by atoms with Crippen molar-refractivity contribution >= 4 is 28.2 Å². The molecule has 1 amide bonds. The Morgan fingerprint density at radius 1 is 1.21 bits per heavy atom. The van der Waals surface area contributed by atoms with Crippen LogP contribution in [0.1, 0.15) is 28.1 Å². The number of nitrogens with zero attached hydrogens (tertiary/aromatic N) is 2. The first kappa shape index (κ1) is 18.5. The normalized spacial score (nSPS) is 14.7. The highest BCUT2D eigenvalue weighted by atomic mass is 32.1. The van der Waals surface area contributed by atoms with E-state index in [1.54, 1.807) is 30.6 Å². The van der Waals surface area contributed by atoms with Crippen LogP contribution in [0, 0.1) is 5.92 Å². The van der Waals surface area contributed by atoms with Gasteiger partial charge < -0.3 is 14.5 Å². The van der Waals surface area contributed by atoms with Crippen LogP contribution in [0.25, 0.3) is 11.5 Å². The Morgan fingerprint density at radius 3 is 2.79 bits per heavy atom. The van der Waals surface area contributed by atoms with Gasteiger partial charge in [-0.2, -0.15) is 0 Å². The van der Waals surface area contributed by atoms with Crippen LogP contribution in [0.3, 0.4) is 0 Å². The maximum atomic E-state index is 13.1. The number of rotatable bonds is 6. The summed E-state index contributed by atoms with van der Waals surface area (Å²) in [6.07, 6.45) is 6.42. The van der Waals surface area contributed by atoms with Gasteiger partial charge in [0.05, 0.1) is 12.7 Å². The molecule has 0 aliphatic carbocycles. The summed E-state index contributed by atoms with van der Waals surface area (Å²) < 4.78 is 10.8. The number of furan rings is 1. The summed E-state index contributed by atoms with van der Waals surface area (Å²) >= 11 is 1.19. The van der Waals surface area contributed by atoms with E-state index in [-0.39, 0.29) is 24.0 Å². The summed E-state index contributed by atoms with van der Waals surface area (Å²) in [7, 11) is 0. The number of hydrogen-bond acceptors (Lipinski definition) is 7. The summed E-state index contributed by atoms with van der Waals surface area (Å²) in [6, 6.07) is 7.13. The van der Waals surface area contributed by atoms with Crippen LogP contribution in [0.15, 0.2) is 47.3 Å². The van der Waals surface area contributed by atoms with E-state index in [9.17, 15) is 9.59 Å². The summed E-state index contributed by atoms with van der Waals surface area (Å²) in [5, 5.41) is 3.18. The van der Waals surface area contributed by atoms with Crippen molar-refractivity contribution in [1.29, 1.82) is 0 Å². The fourth-order valence-electron chi connectivity index (χ4n) is 3.12. The van der Waals surface area contributed by atoms with Gasteiger partial charge in [-0.15, -0.1) is 0 Å². The molecule has 4 heterocycles. The molecule has 144 valence electrons. The van der Waals surface area contributed by atoms with E-state index in [4.69, 9.17) is 9.15 Å². The average Bonchev–Trinajstić information content (AvgIpc) is 3.38. The fourth-order valence-corrected chi connectivity index (χ4v) is 4.12. The molecule has 0 saturated carbocycles. The molecule has 0 bridgehead atoms. The van der Waals surface area contributed by atoms with Crippen LogP contribution >= 0.6 is 11.3 Å². The van der Waals surface area contributed by atoms with Gasteiger partial charge in [0.25, 0.3) is 0 Å². The number of Topliss-reactive ketones (excluding diaryl/α,β-unsaturated/α-hetero) is 1. The Labute approximate surface area is 165 Å². The lowest BCUT2D eigenvalue weighted by molar-refractivity contribution is -0.115. The Kier molecular flexibility index (Phi) is 5.59. The highest BCUT2D eigenvalue weighted by Gasteiger charge is 2.29. The molecule has 0 unspecified atom stereocenters. The van der Waals surface area contributed by atoms with Crippen molar-refractivity contribution in [3.8, 4) is 11.5 Å². The third-order valence-corrected chi connectivity index (χ3v) is 5.52. The Bertz CT molecular complexity index is 947. The van der Waals surface area contributed by atoms with Gasteiger partial charge in [0.15, 0.2) is 16.7 Å². The second kappa shape index (κ2) is 8.45. The number of aromatic nitrogens is 2. The molecule has 1 fully saturated rings. The monoisotopic (exact) mass is 397 g/mol. The second-order valence-electron chi connectivity index (χ2n) is 6.51. The molecule has 1 N–H and O–H groups in total. The molecule has 0 aromatic carbocycles. The van der Waals surface area contributed by atoms with Gasteiger partial charge in [-0.3, -0.25) is 14.6 Å². The standard InChI is InChI=1S/C20H19N3O4S/c24-16(11-13-3-1-7-21-12-13)22-20-23-17(15-4-2-8-27-15)19(28-20)18(25)14-5-9-26-10-6-14/h1-4,7-8,12,14H,5-6,9-11H2,(H,22,23,24). The smallest absolute Gasteiger partial charge is 0.230 e.